The van der Waals surface area contributed by atoms with E-state index in [-0.39, 0.29) is 25.7 Å². The van der Waals surface area contributed by atoms with Gasteiger partial charge in [-0.05, 0) is 49.4 Å². The molecule has 0 radical (unpaired) electrons. The van der Waals surface area contributed by atoms with Crippen LogP contribution in [0.25, 0.3) is 0 Å². The van der Waals surface area contributed by atoms with Gasteiger partial charge in [0.05, 0.1) is 26.4 Å². The fraction of sp³-hybridized carbons (Fsp3) is 0.940. The molecular weight excluding hydrogens is 1140 g/mol. The van der Waals surface area contributed by atoms with Crippen molar-refractivity contribution >= 4 is 39.5 Å². The number of hydrogen-bond acceptors (Lipinski definition) is 15. The second-order valence-electron chi connectivity index (χ2n) is 26.1. The summed E-state index contributed by atoms with van der Waals surface area (Å²) in [4.78, 5) is 72.4. The van der Waals surface area contributed by atoms with E-state index in [0.29, 0.717) is 31.6 Å². The third-order valence-electron chi connectivity index (χ3n) is 15.3. The van der Waals surface area contributed by atoms with Gasteiger partial charge in [-0.1, -0.05) is 274 Å². The molecule has 17 nitrogen and oxygen atoms in total. The third-order valence-corrected chi connectivity index (χ3v) is 17.2. The SMILES string of the molecule is CC(C)CCCCCCCCCCCCC(=O)O[C@H](COC(=O)CCCCCCCCCCCC(C)C)COP(=O)(O)OC[C@@H](O)COP(=O)(O)OC[C@@H](COC(=O)CCCCCCCCC(C)C)OC(=O)CCCCCCCCCCCC(C)C. The summed E-state index contributed by atoms with van der Waals surface area (Å²) in [6.45, 7) is 14.0. The van der Waals surface area contributed by atoms with Crippen molar-refractivity contribution in [2.24, 2.45) is 23.7 Å². The molecule has 0 fully saturated rings. The number of ether oxygens (including phenoxy) is 4. The van der Waals surface area contributed by atoms with Crippen molar-refractivity contribution < 1.29 is 80.2 Å². The molecule has 0 aliphatic rings. The van der Waals surface area contributed by atoms with E-state index in [1.54, 1.807) is 0 Å². The van der Waals surface area contributed by atoms with Crippen LogP contribution in [0.4, 0.5) is 0 Å². The van der Waals surface area contributed by atoms with Crippen molar-refractivity contribution in [1.29, 1.82) is 0 Å². The maximum Gasteiger partial charge on any atom is 0.472 e. The number of rotatable bonds is 64. The molecular formula is C67H130O17P2. The molecule has 0 spiro atoms. The molecule has 5 atom stereocenters. The first-order chi connectivity index (χ1) is 41.1. The monoisotopic (exact) mass is 1270 g/mol. The lowest BCUT2D eigenvalue weighted by molar-refractivity contribution is -0.161. The van der Waals surface area contributed by atoms with E-state index in [0.717, 1.165) is 114 Å². The van der Waals surface area contributed by atoms with Crippen LogP contribution in [0, 0.1) is 23.7 Å². The summed E-state index contributed by atoms with van der Waals surface area (Å²) in [7, 11) is -9.90. The van der Waals surface area contributed by atoms with E-state index < -0.39 is 97.5 Å². The van der Waals surface area contributed by atoms with Crippen molar-refractivity contribution in [3.05, 3.63) is 0 Å². The van der Waals surface area contributed by atoms with Gasteiger partial charge in [0, 0.05) is 25.7 Å². The van der Waals surface area contributed by atoms with Gasteiger partial charge in [0.1, 0.15) is 19.3 Å². The standard InChI is InChI=1S/C67H130O17P2/c1-57(2)43-35-27-19-13-9-10-16-23-33-41-49-66(71)83-62(53-77-64(69)47-39-31-22-17-11-14-20-28-36-44-58(3)4)55-81-85(73,74)79-51-61(68)52-80-86(75,76)82-56-63(54-78-65(70)48-40-32-26-25-30-38-46-60(7)8)84-67(72)50-42-34-24-18-12-15-21-29-37-45-59(5)6/h57-63,68H,9-56H2,1-8H3,(H,73,74)(H,75,76)/t61-,62-,63-/m1/s1. The van der Waals surface area contributed by atoms with Crippen molar-refractivity contribution in [3.8, 4) is 0 Å². The first-order valence-electron chi connectivity index (χ1n) is 34.7. The fourth-order valence-electron chi connectivity index (χ4n) is 9.96. The number of aliphatic hydroxyl groups is 1. The van der Waals surface area contributed by atoms with Gasteiger partial charge in [0.15, 0.2) is 12.2 Å². The smallest absolute Gasteiger partial charge is 0.462 e. The van der Waals surface area contributed by atoms with Crippen LogP contribution in [-0.2, 0) is 65.4 Å². The molecule has 0 bridgehead atoms. The molecule has 3 N–H and O–H groups in total. The van der Waals surface area contributed by atoms with Gasteiger partial charge in [-0.25, -0.2) is 9.13 Å². The summed E-state index contributed by atoms with van der Waals surface area (Å²) in [5.74, 6) is 0.776. The maximum absolute atomic E-state index is 13.0. The highest BCUT2D eigenvalue weighted by Gasteiger charge is 2.30. The number of aliphatic hydroxyl groups excluding tert-OH is 1. The lowest BCUT2D eigenvalue weighted by atomic mass is 10.0. The zero-order chi connectivity index (χ0) is 63.9. The van der Waals surface area contributed by atoms with Crippen LogP contribution in [0.1, 0.15) is 325 Å². The number of carbonyl (C=O) groups excluding carboxylic acids is 4. The second-order valence-corrected chi connectivity index (χ2v) is 29.0. The summed E-state index contributed by atoms with van der Waals surface area (Å²) in [5.41, 5.74) is 0. The average Bonchev–Trinajstić information content (AvgIpc) is 3.66. The average molecular weight is 1270 g/mol. The molecule has 0 saturated heterocycles. The molecule has 0 aromatic carbocycles. The van der Waals surface area contributed by atoms with Crippen LogP contribution in [0.15, 0.2) is 0 Å². The summed E-state index contributed by atoms with van der Waals surface area (Å²) in [5, 5.41) is 10.6. The quantitative estimate of drug-likeness (QED) is 0.0222. The predicted octanol–water partition coefficient (Wildman–Crippen LogP) is 18.5. The summed E-state index contributed by atoms with van der Waals surface area (Å²) < 4.78 is 68.1. The molecule has 0 aromatic rings. The number of phosphoric acid groups is 2. The normalized spacial score (nSPS) is 14.4. The number of esters is 4. The highest BCUT2D eigenvalue weighted by atomic mass is 31.2. The molecule has 2 unspecified atom stereocenters. The highest BCUT2D eigenvalue weighted by Crippen LogP contribution is 2.45. The van der Waals surface area contributed by atoms with Gasteiger partial charge < -0.3 is 33.8 Å². The molecule has 0 aliphatic carbocycles. The molecule has 0 rings (SSSR count). The van der Waals surface area contributed by atoms with Crippen LogP contribution >= 0.6 is 15.6 Å². The molecule has 0 heterocycles. The Balaban J connectivity index is 5.26. The van der Waals surface area contributed by atoms with Gasteiger partial charge in [0.25, 0.3) is 0 Å². The van der Waals surface area contributed by atoms with Crippen LogP contribution in [0.2, 0.25) is 0 Å². The van der Waals surface area contributed by atoms with Crippen LogP contribution < -0.4 is 0 Å². The molecule has 19 heteroatoms. The van der Waals surface area contributed by atoms with E-state index in [2.05, 4.69) is 55.4 Å². The molecule has 86 heavy (non-hydrogen) atoms. The van der Waals surface area contributed by atoms with E-state index in [1.165, 1.54) is 122 Å². The minimum Gasteiger partial charge on any atom is -0.462 e. The topological polar surface area (TPSA) is 237 Å². The van der Waals surface area contributed by atoms with E-state index in [4.69, 9.17) is 37.0 Å². The largest absolute Gasteiger partial charge is 0.472 e. The minimum atomic E-state index is -4.95. The minimum absolute atomic E-state index is 0.104. The van der Waals surface area contributed by atoms with Gasteiger partial charge in [0.2, 0.25) is 0 Å². The second kappa shape index (κ2) is 57.0. The maximum atomic E-state index is 13.0. The number of hydrogen-bond donors (Lipinski definition) is 3. The summed E-state index contributed by atoms with van der Waals surface area (Å²) in [6.07, 6.45) is 37.7. The highest BCUT2D eigenvalue weighted by molar-refractivity contribution is 7.47. The lowest BCUT2D eigenvalue weighted by Crippen LogP contribution is -2.30. The Morgan fingerprint density at radius 3 is 0.721 bits per heavy atom. The van der Waals surface area contributed by atoms with Gasteiger partial charge >= 0.3 is 39.5 Å². The van der Waals surface area contributed by atoms with Crippen LogP contribution in [-0.4, -0.2) is 96.7 Å². The number of carbonyl (C=O) groups is 4. The van der Waals surface area contributed by atoms with Gasteiger partial charge in [-0.3, -0.25) is 37.3 Å². The molecule has 0 saturated carbocycles. The van der Waals surface area contributed by atoms with Crippen molar-refractivity contribution in [1.82, 2.24) is 0 Å². The number of unbranched alkanes of at least 4 members (excludes halogenated alkanes) is 30. The van der Waals surface area contributed by atoms with Gasteiger partial charge in [-0.2, -0.15) is 0 Å². The Morgan fingerprint density at radius 1 is 0.291 bits per heavy atom. The van der Waals surface area contributed by atoms with Crippen molar-refractivity contribution in [2.45, 2.75) is 343 Å². The summed E-state index contributed by atoms with van der Waals surface area (Å²) >= 11 is 0. The Kier molecular flexibility index (Phi) is 55.7. The zero-order valence-electron chi connectivity index (χ0n) is 55.9. The Labute approximate surface area is 524 Å². The van der Waals surface area contributed by atoms with E-state index in [9.17, 15) is 43.2 Å². The summed E-state index contributed by atoms with van der Waals surface area (Å²) in [6, 6.07) is 0. The first-order valence-corrected chi connectivity index (χ1v) is 37.7. The van der Waals surface area contributed by atoms with Crippen molar-refractivity contribution in [2.75, 3.05) is 39.6 Å². The number of phosphoric ester groups is 2. The van der Waals surface area contributed by atoms with Gasteiger partial charge in [-0.15, -0.1) is 0 Å². The Morgan fingerprint density at radius 2 is 0.488 bits per heavy atom. The molecule has 0 amide bonds. The Bertz CT molecular complexity index is 1710. The van der Waals surface area contributed by atoms with E-state index >= 15 is 0 Å². The molecule has 0 aromatic heterocycles. The van der Waals surface area contributed by atoms with Crippen LogP contribution in [0.5, 0.6) is 0 Å². The fourth-order valence-corrected chi connectivity index (χ4v) is 11.5. The zero-order valence-corrected chi connectivity index (χ0v) is 57.7. The molecule has 0 aliphatic heterocycles. The third kappa shape index (κ3) is 60.9. The molecule has 510 valence electrons. The predicted molar refractivity (Wildman–Crippen MR) is 344 cm³/mol. The first kappa shape index (κ1) is 84.1. The van der Waals surface area contributed by atoms with E-state index in [1.807, 2.05) is 0 Å². The van der Waals surface area contributed by atoms with Crippen molar-refractivity contribution in [3.63, 3.8) is 0 Å². The lowest BCUT2D eigenvalue weighted by Gasteiger charge is -2.21. The van der Waals surface area contributed by atoms with Crippen LogP contribution in [0.3, 0.4) is 0 Å². The Hall–Kier alpha value is -1.94.